The highest BCUT2D eigenvalue weighted by atomic mass is 35.5. The van der Waals surface area contributed by atoms with Gasteiger partial charge in [0, 0.05) is 12.6 Å². The Balaban J connectivity index is 2.14. The summed E-state index contributed by atoms with van der Waals surface area (Å²) >= 11 is 5.49. The molecule has 1 aromatic carbocycles. The van der Waals surface area contributed by atoms with E-state index in [1.54, 1.807) is 13.8 Å². The molecule has 1 heterocycles. The van der Waals surface area contributed by atoms with Crippen LogP contribution in [0.4, 0.5) is 14.5 Å². The zero-order valence-electron chi connectivity index (χ0n) is 14.7. The molecule has 6 nitrogen and oxygen atoms in total. The second kappa shape index (κ2) is 8.35. The summed E-state index contributed by atoms with van der Waals surface area (Å²) in [4.78, 5) is 37.8. The quantitative estimate of drug-likeness (QED) is 0.465. The van der Waals surface area contributed by atoms with E-state index >= 15 is 0 Å². The van der Waals surface area contributed by atoms with Gasteiger partial charge in [0.25, 0.3) is 0 Å². The molecular formula is C18H18ClF2N3O3. The number of nitrogens with one attached hydrogen (secondary N) is 2. The van der Waals surface area contributed by atoms with Gasteiger partial charge in [-0.05, 0) is 32.4 Å². The number of likely N-dealkylation sites (tertiary alicyclic amines) is 1. The second-order valence-corrected chi connectivity index (χ2v) is 6.72. The molecule has 2 unspecified atom stereocenters. The fourth-order valence-electron chi connectivity index (χ4n) is 2.80. The minimum atomic E-state index is -1.11. The third-order valence-corrected chi connectivity index (χ3v) is 4.42. The molecule has 0 spiro atoms. The van der Waals surface area contributed by atoms with E-state index in [0.717, 1.165) is 17.0 Å². The van der Waals surface area contributed by atoms with Crippen LogP contribution in [-0.4, -0.2) is 41.2 Å². The van der Waals surface area contributed by atoms with Crippen LogP contribution < -0.4 is 10.6 Å². The van der Waals surface area contributed by atoms with E-state index in [0.29, 0.717) is 0 Å². The highest BCUT2D eigenvalue weighted by molar-refractivity contribution is 6.35. The summed E-state index contributed by atoms with van der Waals surface area (Å²) in [6.45, 7) is 3.50. The predicted octanol–water partition coefficient (Wildman–Crippen LogP) is 1.93. The number of amides is 3. The Morgan fingerprint density at radius 1 is 1.33 bits per heavy atom. The van der Waals surface area contributed by atoms with Crippen molar-refractivity contribution in [2.45, 2.75) is 32.4 Å². The van der Waals surface area contributed by atoms with Crippen LogP contribution in [0.3, 0.4) is 0 Å². The third-order valence-electron chi connectivity index (χ3n) is 4.07. The Morgan fingerprint density at radius 2 is 2.00 bits per heavy atom. The lowest BCUT2D eigenvalue weighted by Gasteiger charge is -2.23. The van der Waals surface area contributed by atoms with E-state index in [9.17, 15) is 23.2 Å². The summed E-state index contributed by atoms with van der Waals surface area (Å²) < 4.78 is 27.2. The number of carbonyl (C=O) groups excluding carboxylic acids is 3. The molecule has 2 rings (SSSR count). The number of terminal acetylenes is 1. The number of nitrogens with zero attached hydrogens (tertiary/aromatic N) is 1. The van der Waals surface area contributed by atoms with Crippen molar-refractivity contribution in [3.8, 4) is 12.3 Å². The van der Waals surface area contributed by atoms with E-state index in [2.05, 4.69) is 16.6 Å². The topological polar surface area (TPSA) is 78.5 Å². The first kappa shape index (κ1) is 20.6. The molecule has 0 radical (unpaired) electrons. The largest absolute Gasteiger partial charge is 0.346 e. The molecule has 3 amide bonds. The van der Waals surface area contributed by atoms with Gasteiger partial charge >= 0.3 is 11.8 Å². The first-order valence-corrected chi connectivity index (χ1v) is 8.57. The number of rotatable bonds is 3. The Bertz CT molecular complexity index is 823. The van der Waals surface area contributed by atoms with Crippen molar-refractivity contribution in [2.75, 3.05) is 11.9 Å². The third kappa shape index (κ3) is 4.37. The van der Waals surface area contributed by atoms with Crippen LogP contribution in [0.5, 0.6) is 0 Å². The van der Waals surface area contributed by atoms with Crippen LogP contribution >= 0.6 is 11.6 Å². The first-order valence-electron chi connectivity index (χ1n) is 8.19. The molecule has 9 heteroatoms. The smallest absolute Gasteiger partial charge is 0.312 e. The number of hydrogen-bond acceptors (Lipinski definition) is 3. The second-order valence-electron chi connectivity index (χ2n) is 6.35. The summed E-state index contributed by atoms with van der Waals surface area (Å²) in [5, 5.41) is 4.03. The average molecular weight is 398 g/mol. The van der Waals surface area contributed by atoms with Crippen molar-refractivity contribution in [1.82, 2.24) is 10.2 Å². The van der Waals surface area contributed by atoms with Gasteiger partial charge in [0.05, 0.1) is 11.6 Å². The van der Waals surface area contributed by atoms with Crippen LogP contribution in [-0.2, 0) is 14.4 Å². The number of benzene rings is 1. The minimum absolute atomic E-state index is 0.101. The van der Waals surface area contributed by atoms with Crippen LogP contribution in [0.2, 0.25) is 5.02 Å². The van der Waals surface area contributed by atoms with Gasteiger partial charge in [-0.3, -0.25) is 14.4 Å². The van der Waals surface area contributed by atoms with Crippen molar-refractivity contribution in [3.05, 3.63) is 28.8 Å². The summed E-state index contributed by atoms with van der Waals surface area (Å²) in [5.74, 6) is -2.88. The van der Waals surface area contributed by atoms with Crippen molar-refractivity contribution >= 4 is 35.0 Å². The lowest BCUT2D eigenvalue weighted by Crippen LogP contribution is -2.48. The molecule has 1 aromatic rings. The zero-order chi connectivity index (χ0) is 20.3. The number of anilines is 1. The fraction of sp³-hybridized carbons (Fsp3) is 0.389. The van der Waals surface area contributed by atoms with E-state index in [-0.39, 0.29) is 24.7 Å². The Labute approximate surface area is 160 Å². The lowest BCUT2D eigenvalue weighted by molar-refractivity contribution is -0.146. The van der Waals surface area contributed by atoms with Gasteiger partial charge in [0.15, 0.2) is 5.82 Å². The van der Waals surface area contributed by atoms with Gasteiger partial charge in [-0.2, -0.15) is 0 Å². The molecule has 2 atom stereocenters. The van der Waals surface area contributed by atoms with Crippen molar-refractivity contribution in [3.63, 3.8) is 0 Å². The van der Waals surface area contributed by atoms with Gasteiger partial charge in [0.1, 0.15) is 16.9 Å². The van der Waals surface area contributed by atoms with Gasteiger partial charge in [-0.25, -0.2) is 8.78 Å². The van der Waals surface area contributed by atoms with E-state index < -0.39 is 46.3 Å². The normalized spacial score (nSPS) is 18.9. The average Bonchev–Trinajstić information content (AvgIpc) is 3.04. The van der Waals surface area contributed by atoms with Crippen LogP contribution in [0.15, 0.2) is 12.1 Å². The summed E-state index contributed by atoms with van der Waals surface area (Å²) in [6, 6.07) is 0.751. The Hall–Kier alpha value is -2.66. The maximum atomic E-state index is 14.0. The zero-order valence-corrected chi connectivity index (χ0v) is 15.4. The predicted molar refractivity (Wildman–Crippen MR) is 95.7 cm³/mol. The molecule has 27 heavy (non-hydrogen) atoms. The first-order chi connectivity index (χ1) is 12.7. The number of carbonyl (C=O) groups is 3. The molecule has 0 bridgehead atoms. The summed E-state index contributed by atoms with van der Waals surface area (Å²) in [6.07, 6.45) is 5.65. The summed E-state index contributed by atoms with van der Waals surface area (Å²) in [5.41, 5.74) is -0.301. The Morgan fingerprint density at radius 3 is 2.59 bits per heavy atom. The highest BCUT2D eigenvalue weighted by Crippen LogP contribution is 2.29. The van der Waals surface area contributed by atoms with Crippen molar-refractivity contribution < 1.29 is 23.2 Å². The Kier molecular flexibility index (Phi) is 6.39. The maximum Gasteiger partial charge on any atom is 0.312 e. The van der Waals surface area contributed by atoms with Gasteiger partial charge in [-0.15, -0.1) is 6.42 Å². The molecule has 1 fully saturated rings. The molecule has 1 aliphatic heterocycles. The lowest BCUT2D eigenvalue weighted by atomic mass is 9.99. The van der Waals surface area contributed by atoms with Crippen LogP contribution in [0, 0.1) is 29.9 Å². The number of halogens is 3. The van der Waals surface area contributed by atoms with E-state index in [1.807, 2.05) is 0 Å². The van der Waals surface area contributed by atoms with Crippen molar-refractivity contribution in [2.24, 2.45) is 5.92 Å². The van der Waals surface area contributed by atoms with E-state index in [1.165, 1.54) is 0 Å². The molecule has 1 saturated heterocycles. The minimum Gasteiger partial charge on any atom is -0.346 e. The molecule has 2 N–H and O–H groups in total. The van der Waals surface area contributed by atoms with Crippen molar-refractivity contribution in [1.29, 1.82) is 0 Å². The molecule has 144 valence electrons. The number of hydrogen-bond donors (Lipinski definition) is 2. The molecular weight excluding hydrogens is 380 g/mol. The molecule has 0 saturated carbocycles. The van der Waals surface area contributed by atoms with Crippen LogP contribution in [0.25, 0.3) is 0 Å². The fourth-order valence-corrected chi connectivity index (χ4v) is 2.97. The maximum absolute atomic E-state index is 14.0. The molecule has 0 aliphatic carbocycles. The van der Waals surface area contributed by atoms with Gasteiger partial charge in [-0.1, -0.05) is 17.5 Å². The highest BCUT2D eigenvalue weighted by Gasteiger charge is 2.42. The van der Waals surface area contributed by atoms with Crippen LogP contribution in [0.1, 0.15) is 20.3 Å². The van der Waals surface area contributed by atoms with E-state index in [4.69, 9.17) is 18.0 Å². The summed E-state index contributed by atoms with van der Waals surface area (Å²) in [7, 11) is 0. The SMILES string of the molecule is C#CC1C(C(=O)Nc2ccc(F)c(Cl)c2F)CCN1C(=O)C(=O)NC(C)C. The van der Waals surface area contributed by atoms with Gasteiger partial charge < -0.3 is 15.5 Å². The standard InChI is InChI=1S/C18H18ClF2N3O3/c1-4-13-10(7-8-24(13)18(27)17(26)22-9(2)3)16(25)23-12-6-5-11(20)14(19)15(12)21/h1,5-6,9-10,13H,7-8H2,2-3H3,(H,22,26)(H,23,25). The monoisotopic (exact) mass is 397 g/mol. The molecule has 1 aliphatic rings. The molecule has 0 aromatic heterocycles. The van der Waals surface area contributed by atoms with Gasteiger partial charge in [0.2, 0.25) is 5.91 Å².